The quantitative estimate of drug-likeness (QED) is 0.807. The van der Waals surface area contributed by atoms with E-state index in [9.17, 15) is 13.2 Å². The molecule has 4 rings (SSSR count). The van der Waals surface area contributed by atoms with Gasteiger partial charge in [0, 0.05) is 25.7 Å². The van der Waals surface area contributed by atoms with Crippen LogP contribution in [0.3, 0.4) is 0 Å². The van der Waals surface area contributed by atoms with Gasteiger partial charge in [-0.15, -0.1) is 0 Å². The lowest BCUT2D eigenvalue weighted by molar-refractivity contribution is -0.0959. The Balaban J connectivity index is 1.50. The maximum absolute atomic E-state index is 12.9. The van der Waals surface area contributed by atoms with Crippen molar-refractivity contribution in [1.29, 1.82) is 0 Å². The van der Waals surface area contributed by atoms with Gasteiger partial charge in [0.25, 0.3) is 0 Å². The molecule has 1 aliphatic carbocycles. The van der Waals surface area contributed by atoms with Crippen molar-refractivity contribution in [3.63, 3.8) is 0 Å². The zero-order valence-electron chi connectivity index (χ0n) is 15.1. The lowest BCUT2D eigenvalue weighted by Gasteiger charge is -2.39. The normalized spacial score (nSPS) is 37.6. The fourth-order valence-electron chi connectivity index (χ4n) is 5.01. The molecule has 2 amide bonds. The summed E-state index contributed by atoms with van der Waals surface area (Å²) in [4.78, 5) is 14.5. The lowest BCUT2D eigenvalue weighted by atomic mass is 9.99. The second-order valence-corrected chi connectivity index (χ2v) is 10.7. The van der Waals surface area contributed by atoms with Crippen LogP contribution in [0.1, 0.15) is 46.0 Å². The Morgan fingerprint density at radius 1 is 1.28 bits per heavy atom. The number of nitrogens with zero attached hydrogens (tertiary/aromatic N) is 2. The van der Waals surface area contributed by atoms with Gasteiger partial charge in [0.15, 0.2) is 0 Å². The number of hydrogen-bond donors (Lipinski definition) is 1. The van der Waals surface area contributed by atoms with Crippen LogP contribution in [0.15, 0.2) is 0 Å². The van der Waals surface area contributed by atoms with Gasteiger partial charge in [-0.25, -0.2) is 13.2 Å². The Hall–Kier alpha value is -0.860. The van der Waals surface area contributed by atoms with E-state index in [1.54, 1.807) is 9.21 Å². The van der Waals surface area contributed by atoms with Gasteiger partial charge in [0.1, 0.15) is 10.9 Å². The number of urea groups is 1. The van der Waals surface area contributed by atoms with E-state index >= 15 is 0 Å². The second-order valence-electron chi connectivity index (χ2n) is 8.57. The molecule has 0 aromatic heterocycles. The fourth-order valence-corrected chi connectivity index (χ4v) is 7.48. The zero-order chi connectivity index (χ0) is 17.8. The molecule has 3 saturated heterocycles. The molecular formula is C17H29N3O4S. The van der Waals surface area contributed by atoms with Crippen molar-refractivity contribution in [2.24, 2.45) is 5.92 Å². The van der Waals surface area contributed by atoms with Crippen LogP contribution in [0.25, 0.3) is 0 Å². The molecule has 3 atom stereocenters. The first-order valence-corrected chi connectivity index (χ1v) is 11.0. The molecule has 4 fully saturated rings. The summed E-state index contributed by atoms with van der Waals surface area (Å²) in [5.74, 6) is 0.270. The zero-order valence-corrected chi connectivity index (χ0v) is 15.9. The summed E-state index contributed by atoms with van der Waals surface area (Å²) in [6.45, 7) is 5.81. The molecule has 1 N–H and O–H groups in total. The Kier molecular flexibility index (Phi) is 4.28. The van der Waals surface area contributed by atoms with Crippen LogP contribution in [0.5, 0.6) is 0 Å². The molecule has 0 radical (unpaired) electrons. The largest absolute Gasteiger partial charge is 0.365 e. The van der Waals surface area contributed by atoms with Crippen LogP contribution in [-0.4, -0.2) is 72.8 Å². The number of likely N-dealkylation sites (tertiary alicyclic amines) is 1. The summed E-state index contributed by atoms with van der Waals surface area (Å²) in [5.41, 5.74) is -0.746. The highest BCUT2D eigenvalue weighted by Crippen LogP contribution is 2.46. The molecule has 1 spiro atoms. The van der Waals surface area contributed by atoms with E-state index in [0.717, 1.165) is 12.8 Å². The van der Waals surface area contributed by atoms with Gasteiger partial charge in [-0.3, -0.25) is 0 Å². The molecule has 7 nitrogen and oxygen atoms in total. The summed E-state index contributed by atoms with van der Waals surface area (Å²) >= 11 is 0. The second kappa shape index (κ2) is 6.09. The number of amides is 2. The van der Waals surface area contributed by atoms with Crippen LogP contribution in [0.4, 0.5) is 4.79 Å². The fraction of sp³-hybridized carbons (Fsp3) is 0.941. The van der Waals surface area contributed by atoms with E-state index in [0.29, 0.717) is 32.6 Å². The Morgan fingerprint density at radius 3 is 2.68 bits per heavy atom. The average molecular weight is 372 g/mol. The van der Waals surface area contributed by atoms with Crippen molar-refractivity contribution in [2.45, 2.75) is 68.9 Å². The summed E-state index contributed by atoms with van der Waals surface area (Å²) in [5, 5.41) is 2.62. The molecule has 2 bridgehead atoms. The molecular weight excluding hydrogens is 342 g/mol. The van der Waals surface area contributed by atoms with Crippen molar-refractivity contribution in [2.75, 3.05) is 26.2 Å². The van der Waals surface area contributed by atoms with Gasteiger partial charge >= 0.3 is 6.03 Å². The smallest absolute Gasteiger partial charge is 0.317 e. The van der Waals surface area contributed by atoms with Crippen LogP contribution >= 0.6 is 0 Å². The number of hydrogen-bond acceptors (Lipinski definition) is 4. The SMILES string of the molecule is CC(C)CN1C[C@@]23CN(C(=O)NC4CCCC4)C[C@@H](C[C@@H]2S1(=O)=O)O3. The van der Waals surface area contributed by atoms with Crippen LogP contribution in [0, 0.1) is 5.92 Å². The highest BCUT2D eigenvalue weighted by atomic mass is 32.2. The Bertz CT molecular complexity index is 646. The standard InChI is InChI=1S/C17H29N3O4S/c1-12(2)8-20-11-17-10-19(16(21)18-13-5-3-4-6-13)9-14(24-17)7-15(17)25(20,22)23/h12-15H,3-11H2,1-2H3,(H,18,21)/t14-,15+,17+/m1/s1. The third kappa shape index (κ3) is 2.96. The van der Waals surface area contributed by atoms with Gasteiger partial charge in [-0.2, -0.15) is 4.31 Å². The van der Waals surface area contributed by atoms with E-state index in [2.05, 4.69) is 5.32 Å². The van der Waals surface area contributed by atoms with Crippen LogP contribution in [0.2, 0.25) is 0 Å². The molecule has 0 aromatic carbocycles. The number of rotatable bonds is 3. The highest BCUT2D eigenvalue weighted by molar-refractivity contribution is 7.90. The maximum Gasteiger partial charge on any atom is 0.317 e. The molecule has 142 valence electrons. The Morgan fingerprint density at radius 2 is 2.00 bits per heavy atom. The number of carbonyl (C=O) groups excluding carboxylic acids is 1. The van der Waals surface area contributed by atoms with Crippen molar-refractivity contribution in [1.82, 2.24) is 14.5 Å². The van der Waals surface area contributed by atoms with E-state index < -0.39 is 20.9 Å². The molecule has 3 aliphatic heterocycles. The monoisotopic (exact) mass is 371 g/mol. The number of fused-ring (bicyclic) bond motifs is 1. The van der Waals surface area contributed by atoms with Crippen molar-refractivity contribution < 1.29 is 17.9 Å². The van der Waals surface area contributed by atoms with Crippen molar-refractivity contribution in [3.05, 3.63) is 0 Å². The third-order valence-corrected chi connectivity index (χ3v) is 8.39. The minimum Gasteiger partial charge on any atom is -0.365 e. The Labute approximate surface area is 150 Å². The summed E-state index contributed by atoms with van der Waals surface area (Å²) in [6, 6.07) is 0.214. The first-order chi connectivity index (χ1) is 11.8. The number of ether oxygens (including phenoxy) is 1. The molecule has 3 heterocycles. The van der Waals surface area contributed by atoms with Gasteiger partial charge in [0.2, 0.25) is 10.0 Å². The first kappa shape index (κ1) is 17.5. The lowest BCUT2D eigenvalue weighted by Crippen LogP contribution is -2.59. The van der Waals surface area contributed by atoms with Crippen LogP contribution < -0.4 is 5.32 Å². The number of carbonyl (C=O) groups is 1. The molecule has 4 aliphatic rings. The van der Waals surface area contributed by atoms with E-state index in [-0.39, 0.29) is 24.1 Å². The van der Waals surface area contributed by atoms with E-state index in [1.807, 2.05) is 13.8 Å². The first-order valence-electron chi connectivity index (χ1n) is 9.52. The molecule has 0 unspecified atom stereocenters. The summed E-state index contributed by atoms with van der Waals surface area (Å²) < 4.78 is 33.6. The van der Waals surface area contributed by atoms with E-state index in [4.69, 9.17) is 4.74 Å². The number of sulfonamides is 1. The van der Waals surface area contributed by atoms with Gasteiger partial charge in [-0.1, -0.05) is 26.7 Å². The molecule has 25 heavy (non-hydrogen) atoms. The van der Waals surface area contributed by atoms with Gasteiger partial charge in [0.05, 0.1) is 12.6 Å². The van der Waals surface area contributed by atoms with Crippen molar-refractivity contribution >= 4 is 16.1 Å². The number of nitrogens with one attached hydrogen (secondary N) is 1. The van der Waals surface area contributed by atoms with E-state index in [1.165, 1.54) is 12.8 Å². The summed E-state index contributed by atoms with van der Waals surface area (Å²) in [7, 11) is -3.34. The minimum atomic E-state index is -3.34. The van der Waals surface area contributed by atoms with Gasteiger partial charge in [-0.05, 0) is 25.2 Å². The highest BCUT2D eigenvalue weighted by Gasteiger charge is 2.65. The predicted molar refractivity (Wildman–Crippen MR) is 93.7 cm³/mol. The molecule has 8 heteroatoms. The van der Waals surface area contributed by atoms with Crippen LogP contribution in [-0.2, 0) is 14.8 Å². The third-order valence-electron chi connectivity index (χ3n) is 6.05. The molecule has 0 aromatic rings. The maximum atomic E-state index is 12.9. The van der Waals surface area contributed by atoms with Gasteiger partial charge < -0.3 is 15.0 Å². The predicted octanol–water partition coefficient (Wildman–Crippen LogP) is 1.15. The topological polar surface area (TPSA) is 79.0 Å². The average Bonchev–Trinajstić information content (AvgIpc) is 3.16. The number of morpholine rings is 1. The minimum absolute atomic E-state index is 0.0556. The summed E-state index contributed by atoms with van der Waals surface area (Å²) in [6.07, 6.45) is 4.78. The van der Waals surface area contributed by atoms with Crippen molar-refractivity contribution in [3.8, 4) is 0 Å². The molecule has 1 saturated carbocycles.